The minimum atomic E-state index is -0.101. The van der Waals surface area contributed by atoms with E-state index in [4.69, 9.17) is 0 Å². The lowest BCUT2D eigenvalue weighted by atomic mass is 10.1. The normalized spacial score (nSPS) is 11.3. The van der Waals surface area contributed by atoms with Crippen molar-refractivity contribution in [2.75, 3.05) is 0 Å². The molecule has 15 heavy (non-hydrogen) atoms. The number of rotatable bonds is 0. The van der Waals surface area contributed by atoms with E-state index in [0.29, 0.717) is 0 Å². The summed E-state index contributed by atoms with van der Waals surface area (Å²) in [4.78, 5) is 13.9. The molecule has 2 heterocycles. The van der Waals surface area contributed by atoms with Gasteiger partial charge in [0.25, 0.3) is 0 Å². The number of H-pyrrole nitrogens is 2. The van der Waals surface area contributed by atoms with Crippen LogP contribution >= 0.6 is 15.9 Å². The number of aromatic amines is 2. The zero-order chi connectivity index (χ0) is 10.4. The average molecular weight is 264 g/mol. The van der Waals surface area contributed by atoms with Gasteiger partial charge in [0, 0.05) is 11.5 Å². The van der Waals surface area contributed by atoms with Crippen molar-refractivity contribution in [3.05, 3.63) is 39.2 Å². The summed E-state index contributed by atoms with van der Waals surface area (Å²) in [6, 6.07) is 7.15. The molecule has 1 aromatic carbocycles. The van der Waals surface area contributed by atoms with Crippen LogP contribution in [-0.2, 0) is 0 Å². The van der Waals surface area contributed by atoms with Gasteiger partial charge in [-0.25, -0.2) is 0 Å². The highest BCUT2D eigenvalue weighted by molar-refractivity contribution is 9.10. The monoisotopic (exact) mass is 263 g/mol. The molecule has 2 aromatic heterocycles. The third kappa shape index (κ3) is 1.27. The van der Waals surface area contributed by atoms with Crippen LogP contribution in [0.1, 0.15) is 0 Å². The molecule has 0 aliphatic rings. The van der Waals surface area contributed by atoms with Gasteiger partial charge < -0.3 is 4.98 Å². The van der Waals surface area contributed by atoms with Gasteiger partial charge in [0.2, 0.25) is 5.56 Å². The van der Waals surface area contributed by atoms with Crippen molar-refractivity contribution >= 4 is 37.7 Å². The third-order valence-corrected chi connectivity index (χ3v) is 2.96. The van der Waals surface area contributed by atoms with Gasteiger partial charge in [0.15, 0.2) is 0 Å². The SMILES string of the molecule is O=c1ccc2cc3c(Br)[nH]nc3cc2[nH]1. The Hall–Kier alpha value is -1.62. The van der Waals surface area contributed by atoms with Crippen LogP contribution < -0.4 is 5.56 Å². The standard InChI is InChI=1S/C10H6BrN3O/c11-10-6-3-5-1-2-9(15)12-7(5)4-8(6)13-14-10/h1-4H,(H,12,15)(H,13,14). The Labute approximate surface area is 92.4 Å². The largest absolute Gasteiger partial charge is 0.322 e. The first-order chi connectivity index (χ1) is 7.24. The number of nitrogens with zero attached hydrogens (tertiary/aromatic N) is 1. The van der Waals surface area contributed by atoms with Crippen molar-refractivity contribution in [1.29, 1.82) is 0 Å². The zero-order valence-electron chi connectivity index (χ0n) is 7.54. The summed E-state index contributed by atoms with van der Waals surface area (Å²) >= 11 is 3.38. The maximum Gasteiger partial charge on any atom is 0.248 e. The maximum atomic E-state index is 11.1. The second-order valence-corrected chi connectivity index (χ2v) is 4.11. The minimum absolute atomic E-state index is 0.101. The Bertz CT molecular complexity index is 713. The lowest BCUT2D eigenvalue weighted by Gasteiger charge is -1.96. The van der Waals surface area contributed by atoms with Crippen LogP contribution in [0.2, 0.25) is 0 Å². The quantitative estimate of drug-likeness (QED) is 0.653. The van der Waals surface area contributed by atoms with E-state index < -0.39 is 0 Å². The number of hydrogen-bond acceptors (Lipinski definition) is 2. The van der Waals surface area contributed by atoms with Crippen molar-refractivity contribution in [1.82, 2.24) is 15.2 Å². The Morgan fingerprint density at radius 1 is 1.27 bits per heavy atom. The van der Waals surface area contributed by atoms with Gasteiger partial charge in [-0.1, -0.05) is 0 Å². The van der Waals surface area contributed by atoms with E-state index in [9.17, 15) is 4.79 Å². The van der Waals surface area contributed by atoms with E-state index in [0.717, 1.165) is 26.4 Å². The van der Waals surface area contributed by atoms with Crippen LogP contribution in [0.3, 0.4) is 0 Å². The second kappa shape index (κ2) is 2.93. The summed E-state index contributed by atoms with van der Waals surface area (Å²) in [6.45, 7) is 0. The molecule has 0 atom stereocenters. The van der Waals surface area contributed by atoms with E-state index in [2.05, 4.69) is 31.1 Å². The number of fused-ring (bicyclic) bond motifs is 2. The predicted molar refractivity (Wildman–Crippen MR) is 61.9 cm³/mol. The first-order valence-electron chi connectivity index (χ1n) is 4.41. The molecule has 0 unspecified atom stereocenters. The highest BCUT2D eigenvalue weighted by Gasteiger charge is 2.04. The first kappa shape index (κ1) is 8.67. The lowest BCUT2D eigenvalue weighted by molar-refractivity contribution is 1.10. The van der Waals surface area contributed by atoms with E-state index in [1.54, 1.807) is 6.07 Å². The molecule has 0 bridgehead atoms. The molecule has 4 nitrogen and oxygen atoms in total. The molecule has 0 aliphatic heterocycles. The minimum Gasteiger partial charge on any atom is -0.322 e. The molecule has 0 amide bonds. The molecule has 5 heteroatoms. The molecule has 0 aliphatic carbocycles. The lowest BCUT2D eigenvalue weighted by Crippen LogP contribution is -2.01. The topological polar surface area (TPSA) is 61.5 Å². The number of pyridine rings is 1. The van der Waals surface area contributed by atoms with Gasteiger partial charge in [0.05, 0.1) is 11.0 Å². The number of halogens is 1. The average Bonchev–Trinajstić information content (AvgIpc) is 2.57. The van der Waals surface area contributed by atoms with Gasteiger partial charge in [-0.3, -0.25) is 9.89 Å². The highest BCUT2D eigenvalue weighted by Crippen LogP contribution is 2.24. The Morgan fingerprint density at radius 2 is 2.13 bits per heavy atom. The van der Waals surface area contributed by atoms with Crippen molar-refractivity contribution < 1.29 is 0 Å². The molecular weight excluding hydrogens is 258 g/mol. The van der Waals surface area contributed by atoms with Crippen LogP contribution in [0.15, 0.2) is 33.7 Å². The number of benzene rings is 1. The molecule has 0 saturated carbocycles. The van der Waals surface area contributed by atoms with E-state index in [-0.39, 0.29) is 5.56 Å². The van der Waals surface area contributed by atoms with Gasteiger partial charge in [-0.15, -0.1) is 0 Å². The van der Waals surface area contributed by atoms with E-state index in [1.165, 1.54) is 6.07 Å². The van der Waals surface area contributed by atoms with Crippen LogP contribution in [-0.4, -0.2) is 15.2 Å². The third-order valence-electron chi connectivity index (χ3n) is 2.35. The smallest absolute Gasteiger partial charge is 0.248 e. The predicted octanol–water partition coefficient (Wildman–Crippen LogP) is 2.17. The van der Waals surface area contributed by atoms with Gasteiger partial charge in [0.1, 0.15) is 4.60 Å². The summed E-state index contributed by atoms with van der Waals surface area (Å²) in [5.74, 6) is 0. The number of aromatic nitrogens is 3. The Kier molecular flexibility index (Phi) is 1.70. The molecule has 0 fully saturated rings. The fraction of sp³-hybridized carbons (Fsp3) is 0. The zero-order valence-corrected chi connectivity index (χ0v) is 9.13. The van der Waals surface area contributed by atoms with Crippen LogP contribution in [0.25, 0.3) is 21.8 Å². The molecule has 0 spiro atoms. The van der Waals surface area contributed by atoms with Crippen LogP contribution in [0, 0.1) is 0 Å². The Morgan fingerprint density at radius 3 is 3.00 bits per heavy atom. The van der Waals surface area contributed by atoms with Gasteiger partial charge >= 0.3 is 0 Å². The summed E-state index contributed by atoms with van der Waals surface area (Å²) in [6.07, 6.45) is 0. The van der Waals surface area contributed by atoms with E-state index >= 15 is 0 Å². The fourth-order valence-electron chi connectivity index (χ4n) is 1.63. The number of nitrogens with one attached hydrogen (secondary N) is 2. The highest BCUT2D eigenvalue weighted by atomic mass is 79.9. The first-order valence-corrected chi connectivity index (χ1v) is 5.20. The molecular formula is C10H6BrN3O. The van der Waals surface area contributed by atoms with E-state index in [1.807, 2.05) is 12.1 Å². The second-order valence-electron chi connectivity index (χ2n) is 3.32. The van der Waals surface area contributed by atoms with Crippen molar-refractivity contribution in [2.24, 2.45) is 0 Å². The molecule has 0 saturated heterocycles. The van der Waals surface area contributed by atoms with Crippen molar-refractivity contribution in [3.63, 3.8) is 0 Å². The van der Waals surface area contributed by atoms with Gasteiger partial charge in [-0.2, -0.15) is 5.10 Å². The Balaban J connectivity index is 2.54. The summed E-state index contributed by atoms with van der Waals surface area (Å²) in [5, 5.41) is 8.94. The molecule has 3 rings (SSSR count). The van der Waals surface area contributed by atoms with Crippen molar-refractivity contribution in [2.45, 2.75) is 0 Å². The summed E-state index contributed by atoms with van der Waals surface area (Å²) in [7, 11) is 0. The molecule has 2 N–H and O–H groups in total. The molecule has 3 aromatic rings. The number of hydrogen-bond donors (Lipinski definition) is 2. The van der Waals surface area contributed by atoms with Crippen LogP contribution in [0.4, 0.5) is 0 Å². The van der Waals surface area contributed by atoms with Crippen molar-refractivity contribution in [3.8, 4) is 0 Å². The summed E-state index contributed by atoms with van der Waals surface area (Å²) < 4.78 is 0.852. The maximum absolute atomic E-state index is 11.1. The van der Waals surface area contributed by atoms with Gasteiger partial charge in [-0.05, 0) is 39.5 Å². The fourth-order valence-corrected chi connectivity index (χ4v) is 2.04. The molecule has 74 valence electrons. The summed E-state index contributed by atoms with van der Waals surface area (Å²) in [5.41, 5.74) is 1.53. The van der Waals surface area contributed by atoms with Crippen LogP contribution in [0.5, 0.6) is 0 Å². The molecule has 0 radical (unpaired) electrons.